The Hall–Kier alpha value is -1.51. The van der Waals surface area contributed by atoms with Crippen molar-refractivity contribution in [3.8, 4) is 5.75 Å². The molecule has 1 N–H and O–H groups in total. The van der Waals surface area contributed by atoms with E-state index in [-0.39, 0.29) is 0 Å². The maximum absolute atomic E-state index is 6.06. The maximum Gasteiger partial charge on any atom is 0.122 e. The molecule has 21 heavy (non-hydrogen) atoms. The molecule has 0 amide bonds. The third kappa shape index (κ3) is 3.39. The fourth-order valence-electron chi connectivity index (χ4n) is 2.84. The highest BCUT2D eigenvalue weighted by molar-refractivity contribution is 6.30. The summed E-state index contributed by atoms with van der Waals surface area (Å²) in [5, 5.41) is 4.41. The van der Waals surface area contributed by atoms with E-state index in [1.165, 1.54) is 11.1 Å². The number of rotatable bonds is 4. The number of hydrogen-bond donors (Lipinski definition) is 1. The Morgan fingerprint density at radius 3 is 2.95 bits per heavy atom. The molecular formula is C18H20ClNO. The van der Waals surface area contributed by atoms with Crippen LogP contribution in [0.5, 0.6) is 5.75 Å². The van der Waals surface area contributed by atoms with Gasteiger partial charge in [0.25, 0.3) is 0 Å². The molecule has 2 nitrogen and oxygen atoms in total. The van der Waals surface area contributed by atoms with Crippen molar-refractivity contribution in [3.63, 3.8) is 0 Å². The van der Waals surface area contributed by atoms with Crippen molar-refractivity contribution in [1.29, 1.82) is 0 Å². The minimum absolute atomic E-state index is 0.290. The number of ether oxygens (including phenoxy) is 1. The van der Waals surface area contributed by atoms with Gasteiger partial charge in [-0.25, -0.2) is 0 Å². The van der Waals surface area contributed by atoms with Gasteiger partial charge in [0.1, 0.15) is 5.75 Å². The topological polar surface area (TPSA) is 21.3 Å². The van der Waals surface area contributed by atoms with Gasteiger partial charge in [-0.1, -0.05) is 41.9 Å². The van der Waals surface area contributed by atoms with E-state index >= 15 is 0 Å². The molecule has 0 radical (unpaired) electrons. The van der Waals surface area contributed by atoms with Crippen molar-refractivity contribution >= 4 is 11.6 Å². The Morgan fingerprint density at radius 2 is 2.10 bits per heavy atom. The first-order valence-corrected chi connectivity index (χ1v) is 7.82. The molecule has 0 saturated heterocycles. The van der Waals surface area contributed by atoms with Gasteiger partial charge in [0.2, 0.25) is 0 Å². The van der Waals surface area contributed by atoms with Crippen LogP contribution in [-0.2, 0) is 0 Å². The molecule has 2 aromatic rings. The second-order valence-electron chi connectivity index (χ2n) is 5.56. The lowest BCUT2D eigenvalue weighted by Crippen LogP contribution is -2.28. The summed E-state index contributed by atoms with van der Waals surface area (Å²) in [6.45, 7) is 3.93. The van der Waals surface area contributed by atoms with Gasteiger partial charge < -0.3 is 10.1 Å². The van der Waals surface area contributed by atoms with Crippen LogP contribution in [0.25, 0.3) is 0 Å². The standard InChI is InChI=1S/C18H20ClNO/c1-13(14-5-4-6-16(19)11-14)20-12-15-9-10-21-18-8-3-2-7-17(15)18/h2-8,11,13,15,20H,9-10,12H2,1H3/t13-,15?/m1/s1. The van der Waals surface area contributed by atoms with Gasteiger partial charge in [-0.2, -0.15) is 0 Å². The summed E-state index contributed by atoms with van der Waals surface area (Å²) in [5.41, 5.74) is 2.54. The predicted molar refractivity (Wildman–Crippen MR) is 87.2 cm³/mol. The highest BCUT2D eigenvalue weighted by Gasteiger charge is 2.21. The Labute approximate surface area is 131 Å². The zero-order valence-electron chi connectivity index (χ0n) is 12.2. The van der Waals surface area contributed by atoms with Crippen molar-refractivity contribution in [3.05, 3.63) is 64.7 Å². The number of para-hydroxylation sites is 1. The molecule has 1 unspecified atom stereocenters. The molecule has 2 atom stereocenters. The Bertz CT molecular complexity index is 614. The predicted octanol–water partition coefficient (Wildman–Crippen LogP) is 4.56. The minimum Gasteiger partial charge on any atom is -0.493 e. The molecule has 0 aliphatic carbocycles. The van der Waals surface area contributed by atoms with Gasteiger partial charge in [-0.05, 0) is 42.7 Å². The van der Waals surface area contributed by atoms with E-state index in [4.69, 9.17) is 16.3 Å². The molecule has 110 valence electrons. The molecule has 0 bridgehead atoms. The van der Waals surface area contributed by atoms with Crippen molar-refractivity contribution in [2.45, 2.75) is 25.3 Å². The van der Waals surface area contributed by atoms with Gasteiger partial charge in [0.15, 0.2) is 0 Å². The summed E-state index contributed by atoms with van der Waals surface area (Å²) in [6.07, 6.45) is 1.06. The van der Waals surface area contributed by atoms with Crippen LogP contribution < -0.4 is 10.1 Å². The molecule has 1 aliphatic heterocycles. The summed E-state index contributed by atoms with van der Waals surface area (Å²) in [6, 6.07) is 16.7. The molecule has 1 heterocycles. The lowest BCUT2D eigenvalue weighted by molar-refractivity contribution is 0.263. The smallest absolute Gasteiger partial charge is 0.122 e. The summed E-state index contributed by atoms with van der Waals surface area (Å²) in [5.74, 6) is 1.54. The molecule has 2 aromatic carbocycles. The molecule has 0 spiro atoms. The number of fused-ring (bicyclic) bond motifs is 1. The van der Waals surface area contributed by atoms with Crippen molar-refractivity contribution in [2.24, 2.45) is 0 Å². The Morgan fingerprint density at radius 1 is 1.24 bits per heavy atom. The van der Waals surface area contributed by atoms with Gasteiger partial charge in [0, 0.05) is 23.5 Å². The van der Waals surface area contributed by atoms with Crippen LogP contribution in [0.15, 0.2) is 48.5 Å². The fraction of sp³-hybridized carbons (Fsp3) is 0.333. The van der Waals surface area contributed by atoms with Crippen LogP contribution in [0.1, 0.15) is 36.4 Å². The Kier molecular flexibility index (Phi) is 4.47. The molecule has 0 aromatic heterocycles. The molecule has 3 heteroatoms. The first-order valence-electron chi connectivity index (χ1n) is 7.44. The minimum atomic E-state index is 0.290. The highest BCUT2D eigenvalue weighted by Crippen LogP contribution is 2.33. The van der Waals surface area contributed by atoms with E-state index in [2.05, 4.69) is 36.5 Å². The van der Waals surface area contributed by atoms with Crippen LogP contribution in [-0.4, -0.2) is 13.2 Å². The molecule has 1 aliphatic rings. The third-order valence-corrected chi connectivity index (χ3v) is 4.34. The largest absolute Gasteiger partial charge is 0.493 e. The lowest BCUT2D eigenvalue weighted by Gasteiger charge is -2.27. The van der Waals surface area contributed by atoms with Crippen LogP contribution in [0, 0.1) is 0 Å². The third-order valence-electron chi connectivity index (χ3n) is 4.10. The molecule has 3 rings (SSSR count). The van der Waals surface area contributed by atoms with Gasteiger partial charge in [0.05, 0.1) is 6.61 Å². The zero-order valence-corrected chi connectivity index (χ0v) is 12.9. The van der Waals surface area contributed by atoms with Crippen molar-refractivity contribution < 1.29 is 4.74 Å². The van der Waals surface area contributed by atoms with E-state index in [0.29, 0.717) is 12.0 Å². The Balaban J connectivity index is 1.66. The summed E-state index contributed by atoms with van der Waals surface area (Å²) in [7, 11) is 0. The quantitative estimate of drug-likeness (QED) is 0.894. The first-order chi connectivity index (χ1) is 10.2. The van der Waals surface area contributed by atoms with Crippen LogP contribution >= 0.6 is 11.6 Å². The summed E-state index contributed by atoms with van der Waals surface area (Å²) in [4.78, 5) is 0. The summed E-state index contributed by atoms with van der Waals surface area (Å²) < 4.78 is 5.72. The number of nitrogens with one attached hydrogen (secondary N) is 1. The number of hydrogen-bond acceptors (Lipinski definition) is 2. The van der Waals surface area contributed by atoms with Gasteiger partial charge in [-0.15, -0.1) is 0 Å². The number of benzene rings is 2. The molecule has 0 fully saturated rings. The van der Waals surface area contributed by atoms with Gasteiger partial charge >= 0.3 is 0 Å². The van der Waals surface area contributed by atoms with E-state index in [1.54, 1.807) is 0 Å². The summed E-state index contributed by atoms with van der Waals surface area (Å²) >= 11 is 6.06. The maximum atomic E-state index is 6.06. The highest BCUT2D eigenvalue weighted by atomic mass is 35.5. The van der Waals surface area contributed by atoms with Crippen LogP contribution in [0.2, 0.25) is 5.02 Å². The van der Waals surface area contributed by atoms with Crippen LogP contribution in [0.3, 0.4) is 0 Å². The lowest BCUT2D eigenvalue weighted by atomic mass is 9.92. The SMILES string of the molecule is C[C@@H](NCC1CCOc2ccccc21)c1cccc(Cl)c1. The van der Waals surface area contributed by atoms with Gasteiger partial charge in [-0.3, -0.25) is 0 Å². The van der Waals surface area contributed by atoms with E-state index < -0.39 is 0 Å². The zero-order chi connectivity index (χ0) is 14.7. The molecular weight excluding hydrogens is 282 g/mol. The average Bonchev–Trinajstić information content (AvgIpc) is 2.52. The molecule has 0 saturated carbocycles. The second kappa shape index (κ2) is 6.50. The van der Waals surface area contributed by atoms with Crippen molar-refractivity contribution in [1.82, 2.24) is 5.32 Å². The average molecular weight is 302 g/mol. The van der Waals surface area contributed by atoms with E-state index in [0.717, 1.165) is 30.3 Å². The normalized spacial score (nSPS) is 18.7. The fourth-order valence-corrected chi connectivity index (χ4v) is 3.04. The van der Waals surface area contributed by atoms with Crippen LogP contribution in [0.4, 0.5) is 0 Å². The van der Waals surface area contributed by atoms with E-state index in [9.17, 15) is 0 Å². The second-order valence-corrected chi connectivity index (χ2v) is 5.99. The first kappa shape index (κ1) is 14.4. The monoisotopic (exact) mass is 301 g/mol. The number of halogens is 1. The van der Waals surface area contributed by atoms with E-state index in [1.807, 2.05) is 24.3 Å². The van der Waals surface area contributed by atoms with Crippen molar-refractivity contribution in [2.75, 3.05) is 13.2 Å².